The average molecular weight is 633 g/mol. The van der Waals surface area contributed by atoms with E-state index in [-0.39, 0.29) is 57.3 Å². The summed E-state index contributed by atoms with van der Waals surface area (Å²) in [6, 6.07) is 1.68. The van der Waals surface area contributed by atoms with Gasteiger partial charge in [-0.25, -0.2) is 24.5 Å². The molecular formula is C29H31F3N6O5S. The zero-order chi connectivity index (χ0) is 32.4. The van der Waals surface area contributed by atoms with Gasteiger partial charge in [-0.3, -0.25) is 10.1 Å². The van der Waals surface area contributed by atoms with Gasteiger partial charge in [0.25, 0.3) is 0 Å². The first-order valence-corrected chi connectivity index (χ1v) is 14.5. The molecule has 4 aromatic heterocycles. The van der Waals surface area contributed by atoms with E-state index in [1.54, 1.807) is 18.4 Å². The maximum Gasteiger partial charge on any atom is 0.434 e. The van der Waals surface area contributed by atoms with Crippen LogP contribution in [0.1, 0.15) is 56.7 Å². The van der Waals surface area contributed by atoms with Gasteiger partial charge in [-0.2, -0.15) is 13.2 Å². The van der Waals surface area contributed by atoms with E-state index in [1.807, 2.05) is 20.8 Å². The van der Waals surface area contributed by atoms with Crippen molar-refractivity contribution in [3.8, 4) is 21.7 Å². The summed E-state index contributed by atoms with van der Waals surface area (Å²) < 4.78 is 47.0. The number of aliphatic hydroxyl groups excluding tert-OH is 1. The summed E-state index contributed by atoms with van der Waals surface area (Å²) in [6.45, 7) is 9.00. The van der Waals surface area contributed by atoms with Crippen LogP contribution in [-0.2, 0) is 10.9 Å². The van der Waals surface area contributed by atoms with E-state index in [4.69, 9.17) is 4.74 Å². The minimum Gasteiger partial charge on any atom is -0.462 e. The third kappa shape index (κ3) is 6.73. The maximum absolute atomic E-state index is 13.6. The Morgan fingerprint density at radius 3 is 2.43 bits per heavy atom. The molecule has 15 heteroatoms. The fourth-order valence-corrected chi connectivity index (χ4v) is 5.39. The second-order valence-electron chi connectivity index (χ2n) is 10.8. The zero-order valence-electron chi connectivity index (χ0n) is 24.6. The molecule has 0 bridgehead atoms. The predicted molar refractivity (Wildman–Crippen MR) is 160 cm³/mol. The average Bonchev–Trinajstić information content (AvgIpc) is 3.45. The van der Waals surface area contributed by atoms with Crippen molar-refractivity contribution in [1.29, 1.82) is 0 Å². The number of rotatable bonds is 8. The van der Waals surface area contributed by atoms with E-state index < -0.39 is 40.8 Å². The van der Waals surface area contributed by atoms with Crippen molar-refractivity contribution >= 4 is 40.2 Å². The van der Waals surface area contributed by atoms with Crippen LogP contribution >= 0.6 is 11.3 Å². The van der Waals surface area contributed by atoms with Crippen molar-refractivity contribution < 1.29 is 32.6 Å². The maximum atomic E-state index is 13.6. The first-order chi connectivity index (χ1) is 20.7. The molecule has 1 unspecified atom stereocenters. The van der Waals surface area contributed by atoms with Crippen LogP contribution in [0.5, 0.6) is 0 Å². The van der Waals surface area contributed by atoms with Crippen LogP contribution < -0.4 is 16.1 Å². The molecule has 11 nitrogen and oxygen atoms in total. The number of aromatic nitrogens is 4. The Hall–Kier alpha value is -4.37. The van der Waals surface area contributed by atoms with Crippen molar-refractivity contribution in [2.45, 2.75) is 46.8 Å². The van der Waals surface area contributed by atoms with Crippen molar-refractivity contribution in [1.82, 2.24) is 24.8 Å². The Balaban J connectivity index is 1.98. The quantitative estimate of drug-likeness (QED) is 0.216. The van der Waals surface area contributed by atoms with Gasteiger partial charge in [-0.05, 0) is 31.4 Å². The third-order valence-corrected chi connectivity index (χ3v) is 7.57. The Morgan fingerprint density at radius 2 is 1.84 bits per heavy atom. The number of fused-ring (bicyclic) bond motifs is 1. The lowest BCUT2D eigenvalue weighted by Crippen LogP contribution is -2.31. The lowest BCUT2D eigenvalue weighted by molar-refractivity contribution is -0.140. The highest BCUT2D eigenvalue weighted by molar-refractivity contribution is 7.13. The molecule has 2 amide bonds. The van der Waals surface area contributed by atoms with Gasteiger partial charge >= 0.3 is 18.2 Å². The molecular weight excluding hydrogens is 601 g/mol. The van der Waals surface area contributed by atoms with Crippen LogP contribution in [-0.4, -0.2) is 56.4 Å². The fourth-order valence-electron chi connectivity index (χ4n) is 4.53. The summed E-state index contributed by atoms with van der Waals surface area (Å²) >= 11 is 0.744. The van der Waals surface area contributed by atoms with Crippen molar-refractivity contribution in [2.75, 3.05) is 25.1 Å². The lowest BCUT2D eigenvalue weighted by atomic mass is 9.86. The van der Waals surface area contributed by atoms with Gasteiger partial charge in [0, 0.05) is 47.2 Å². The van der Waals surface area contributed by atoms with E-state index in [0.717, 1.165) is 16.7 Å². The number of alkyl halides is 3. The normalized spacial score (nSPS) is 12.7. The van der Waals surface area contributed by atoms with Crippen LogP contribution in [0, 0.1) is 5.41 Å². The molecule has 1 atom stereocenters. The fraction of sp³-hybridized carbons (Fsp3) is 0.379. The number of thiazole rings is 1. The monoisotopic (exact) mass is 632 g/mol. The minimum absolute atomic E-state index is 0.0143. The molecule has 0 spiro atoms. The molecule has 44 heavy (non-hydrogen) atoms. The summed E-state index contributed by atoms with van der Waals surface area (Å²) in [4.78, 5) is 51.1. The summed E-state index contributed by atoms with van der Waals surface area (Å²) in [5.74, 6) is -0.801. The highest BCUT2D eigenvalue weighted by Crippen LogP contribution is 2.39. The molecule has 0 aliphatic rings. The van der Waals surface area contributed by atoms with E-state index in [9.17, 15) is 32.7 Å². The number of esters is 1. The standard InChI is InChI=1S/C29H31F3N6O5S/c1-6-33-27(42)37-22-9-16(25-36-20(14-44-25)29(30,31)32)18(11-34-22)15-8-17-23(40)19(26(41)43-7-2)12-38(24(17)35-10-15)21(13-39)28(3,4)5/h8-12,14,21,39H,6-7,13H2,1-5H3,(H2,33,34,37,42). The van der Waals surface area contributed by atoms with Crippen molar-refractivity contribution in [3.63, 3.8) is 0 Å². The van der Waals surface area contributed by atoms with Gasteiger partial charge < -0.3 is 19.7 Å². The Morgan fingerprint density at radius 1 is 1.11 bits per heavy atom. The topological polar surface area (TPSA) is 148 Å². The second-order valence-corrected chi connectivity index (χ2v) is 11.7. The lowest BCUT2D eigenvalue weighted by Gasteiger charge is -2.32. The zero-order valence-corrected chi connectivity index (χ0v) is 25.4. The molecule has 4 heterocycles. The molecule has 0 aliphatic heterocycles. The van der Waals surface area contributed by atoms with Gasteiger partial charge in [0.1, 0.15) is 22.0 Å². The third-order valence-electron chi connectivity index (χ3n) is 6.69. The number of pyridine rings is 3. The van der Waals surface area contributed by atoms with E-state index >= 15 is 0 Å². The molecule has 0 aromatic carbocycles. The number of hydrogen-bond acceptors (Lipinski definition) is 9. The summed E-state index contributed by atoms with van der Waals surface area (Å²) in [5, 5.41) is 16.2. The molecule has 0 aliphatic carbocycles. The van der Waals surface area contributed by atoms with Crippen molar-refractivity contribution in [2.24, 2.45) is 5.41 Å². The smallest absolute Gasteiger partial charge is 0.434 e. The number of carbonyl (C=O) groups is 2. The Bertz CT molecular complexity index is 1760. The molecule has 4 aromatic rings. The minimum atomic E-state index is -4.68. The van der Waals surface area contributed by atoms with Gasteiger partial charge in [-0.1, -0.05) is 20.8 Å². The molecule has 0 fully saturated rings. The first kappa shape index (κ1) is 32.5. The molecule has 0 radical (unpaired) electrons. The van der Waals surface area contributed by atoms with E-state index in [2.05, 4.69) is 25.6 Å². The molecule has 3 N–H and O–H groups in total. The molecule has 234 valence electrons. The number of halogens is 3. The highest BCUT2D eigenvalue weighted by Gasteiger charge is 2.34. The van der Waals surface area contributed by atoms with Gasteiger partial charge in [0.2, 0.25) is 5.43 Å². The largest absolute Gasteiger partial charge is 0.462 e. The number of urea groups is 1. The Kier molecular flexibility index (Phi) is 9.39. The molecule has 0 saturated carbocycles. The number of ether oxygens (including phenoxy) is 1. The summed E-state index contributed by atoms with van der Waals surface area (Å²) in [5.41, 5.74) is -1.62. The number of aliphatic hydroxyl groups is 1. The first-order valence-electron chi connectivity index (χ1n) is 13.6. The molecule has 0 saturated heterocycles. The predicted octanol–water partition coefficient (Wildman–Crippen LogP) is 5.50. The van der Waals surface area contributed by atoms with E-state index in [0.29, 0.717) is 6.54 Å². The highest BCUT2D eigenvalue weighted by atomic mass is 32.1. The van der Waals surface area contributed by atoms with Crippen LogP contribution in [0.2, 0.25) is 0 Å². The summed E-state index contributed by atoms with van der Waals surface area (Å²) in [6.07, 6.45) is -0.618. The van der Waals surface area contributed by atoms with Gasteiger partial charge in [0.05, 0.1) is 24.6 Å². The van der Waals surface area contributed by atoms with Crippen LogP contribution in [0.4, 0.5) is 23.8 Å². The summed E-state index contributed by atoms with van der Waals surface area (Å²) in [7, 11) is 0. The van der Waals surface area contributed by atoms with Gasteiger partial charge in [0.15, 0.2) is 5.69 Å². The van der Waals surface area contributed by atoms with Gasteiger partial charge in [-0.15, -0.1) is 11.3 Å². The van der Waals surface area contributed by atoms with Crippen molar-refractivity contribution in [3.05, 3.63) is 57.6 Å². The number of nitrogens with zero attached hydrogens (tertiary/aromatic N) is 4. The van der Waals surface area contributed by atoms with E-state index in [1.165, 1.54) is 30.7 Å². The van der Waals surface area contributed by atoms with Crippen LogP contribution in [0.15, 0.2) is 40.9 Å². The Labute approximate surface area is 254 Å². The number of nitrogens with one attached hydrogen (secondary N) is 2. The van der Waals surface area contributed by atoms with Crippen LogP contribution in [0.25, 0.3) is 32.7 Å². The number of amides is 2. The SMILES string of the molecule is CCNC(=O)Nc1cc(-c2nc(C(F)(F)F)cs2)c(-c2cnc3c(c2)c(=O)c(C(=O)OCC)cn3C(CO)C(C)(C)C)cn1. The number of hydrogen-bond donors (Lipinski definition) is 3. The molecule has 4 rings (SSSR count). The van der Waals surface area contributed by atoms with Crippen LogP contribution in [0.3, 0.4) is 0 Å². The second kappa shape index (κ2) is 12.7. The number of carbonyl (C=O) groups excluding carboxylic acids is 2. The number of anilines is 1.